The Morgan fingerprint density at radius 1 is 0.860 bits per heavy atom. The lowest BCUT2D eigenvalue weighted by Gasteiger charge is -2.46. The van der Waals surface area contributed by atoms with Gasteiger partial charge in [-0.05, 0) is 91.4 Å². The Hall–Kier alpha value is -4.24. The van der Waals surface area contributed by atoms with Gasteiger partial charge in [-0.15, -0.1) is 0 Å². The van der Waals surface area contributed by atoms with E-state index >= 15 is 0 Å². The number of nitrogens with two attached hydrogens (primary N) is 1. The van der Waals surface area contributed by atoms with Crippen molar-refractivity contribution in [3.63, 3.8) is 0 Å². The monoisotopic (exact) mass is 583 g/mol. The minimum atomic E-state index is -0.269. The molecule has 3 aromatic carbocycles. The van der Waals surface area contributed by atoms with E-state index in [1.807, 2.05) is 61.5 Å². The summed E-state index contributed by atoms with van der Waals surface area (Å²) in [5, 5.41) is 0. The van der Waals surface area contributed by atoms with Crippen LogP contribution in [0.5, 0.6) is 11.5 Å². The largest absolute Gasteiger partial charge is 0.497 e. The highest BCUT2D eigenvalue weighted by Gasteiger charge is 2.36. The minimum absolute atomic E-state index is 0.142. The van der Waals surface area contributed by atoms with Crippen molar-refractivity contribution in [1.82, 2.24) is 9.80 Å². The summed E-state index contributed by atoms with van der Waals surface area (Å²) >= 11 is 0. The van der Waals surface area contributed by atoms with Crippen LogP contribution < -0.4 is 25.0 Å². The highest BCUT2D eigenvalue weighted by atomic mass is 16.5. The molecule has 3 amide bonds. The van der Waals surface area contributed by atoms with Crippen LogP contribution >= 0.6 is 0 Å². The van der Waals surface area contributed by atoms with E-state index in [0.717, 1.165) is 66.8 Å². The van der Waals surface area contributed by atoms with Gasteiger partial charge < -0.3 is 20.1 Å². The lowest BCUT2D eigenvalue weighted by molar-refractivity contribution is -0.129. The Morgan fingerprint density at radius 3 is 2.23 bits per heavy atom. The molecular weight excluding hydrogens is 542 g/mol. The number of imide groups is 1. The number of ether oxygens (including phenoxy) is 2. The van der Waals surface area contributed by atoms with Gasteiger partial charge in [-0.2, -0.15) is 0 Å². The Balaban J connectivity index is 1.00. The number of aryl methyl sites for hydroxylation is 1. The van der Waals surface area contributed by atoms with Gasteiger partial charge in [0.15, 0.2) is 0 Å². The summed E-state index contributed by atoms with van der Waals surface area (Å²) in [5.74, 6) is 2.09. The van der Waals surface area contributed by atoms with Gasteiger partial charge in [-0.1, -0.05) is 12.1 Å². The van der Waals surface area contributed by atoms with E-state index in [1.54, 1.807) is 12.0 Å². The van der Waals surface area contributed by atoms with Gasteiger partial charge in [-0.3, -0.25) is 19.5 Å². The van der Waals surface area contributed by atoms with Crippen molar-refractivity contribution in [2.75, 3.05) is 62.0 Å². The zero-order chi connectivity index (χ0) is 29.9. The number of methoxy groups -OCH3 is 1. The minimum Gasteiger partial charge on any atom is -0.497 e. The van der Waals surface area contributed by atoms with Gasteiger partial charge in [0, 0.05) is 62.2 Å². The molecule has 226 valence electrons. The van der Waals surface area contributed by atoms with Crippen LogP contribution in [0.4, 0.5) is 21.9 Å². The molecule has 1 saturated carbocycles. The zero-order valence-corrected chi connectivity index (χ0v) is 25.1. The van der Waals surface area contributed by atoms with Crippen LogP contribution in [0.2, 0.25) is 0 Å². The summed E-state index contributed by atoms with van der Waals surface area (Å²) < 4.78 is 11.2. The number of amides is 3. The molecule has 0 spiro atoms. The number of anilines is 3. The van der Waals surface area contributed by atoms with Gasteiger partial charge in [0.2, 0.25) is 5.91 Å². The molecule has 1 aliphatic carbocycles. The van der Waals surface area contributed by atoms with Crippen molar-refractivity contribution >= 4 is 29.0 Å². The fourth-order valence-corrected chi connectivity index (χ4v) is 6.38. The molecule has 0 atom stereocenters. The molecule has 3 fully saturated rings. The predicted octanol–water partition coefficient (Wildman–Crippen LogP) is 4.92. The highest BCUT2D eigenvalue weighted by molar-refractivity contribution is 6.06. The lowest BCUT2D eigenvalue weighted by Crippen LogP contribution is -2.54. The average molecular weight is 584 g/mol. The van der Waals surface area contributed by atoms with Gasteiger partial charge in [-0.25, -0.2) is 4.79 Å². The fourth-order valence-electron chi connectivity index (χ4n) is 6.38. The van der Waals surface area contributed by atoms with Crippen LogP contribution in [0.15, 0.2) is 66.7 Å². The topological polar surface area (TPSA) is 91.6 Å². The molecule has 0 unspecified atom stereocenters. The maximum Gasteiger partial charge on any atom is 0.331 e. The molecule has 0 radical (unpaired) electrons. The van der Waals surface area contributed by atoms with Crippen molar-refractivity contribution in [1.29, 1.82) is 0 Å². The summed E-state index contributed by atoms with van der Waals surface area (Å²) in [5.41, 5.74) is 10.5. The average Bonchev–Trinajstić information content (AvgIpc) is 3.00. The number of rotatable bonds is 9. The number of hydrogen-bond acceptors (Lipinski definition) is 7. The van der Waals surface area contributed by atoms with E-state index in [2.05, 4.69) is 21.9 Å². The van der Waals surface area contributed by atoms with Crippen molar-refractivity contribution in [2.24, 2.45) is 5.92 Å². The molecule has 9 nitrogen and oxygen atoms in total. The molecule has 3 aromatic rings. The number of urea groups is 1. The quantitative estimate of drug-likeness (QED) is 0.358. The molecule has 0 bridgehead atoms. The zero-order valence-electron chi connectivity index (χ0n) is 25.1. The van der Waals surface area contributed by atoms with E-state index in [1.165, 1.54) is 23.4 Å². The normalized spacial score (nSPS) is 21.1. The second kappa shape index (κ2) is 12.6. The molecule has 2 N–H and O–H groups in total. The van der Waals surface area contributed by atoms with Crippen molar-refractivity contribution in [3.8, 4) is 11.5 Å². The number of hydrogen-bond donors (Lipinski definition) is 1. The van der Waals surface area contributed by atoms with Gasteiger partial charge in [0.05, 0.1) is 20.3 Å². The lowest BCUT2D eigenvalue weighted by atomic mass is 9.79. The summed E-state index contributed by atoms with van der Waals surface area (Å²) in [6.45, 7) is 7.50. The van der Waals surface area contributed by atoms with E-state index in [-0.39, 0.29) is 18.5 Å². The second-order valence-corrected chi connectivity index (χ2v) is 11.9. The third-order valence-electron chi connectivity index (χ3n) is 9.06. The summed E-state index contributed by atoms with van der Waals surface area (Å²) in [6.07, 6.45) is 2.68. The standard InChI is InChI=1S/C34H41N5O4/c1-24-19-28(36-15-17-37(18-16-36)29-20-26(21-29)23-43-31-10-5-27(35)6-11-31)7-12-32(24)38-14-13-33(40)39(34(38)41)22-25-3-8-30(42-2)9-4-25/h3-12,19,26,29H,13-18,20-23,35H2,1-2H3. The van der Waals surface area contributed by atoms with E-state index in [9.17, 15) is 9.59 Å². The Morgan fingerprint density at radius 2 is 1.56 bits per heavy atom. The molecule has 43 heavy (non-hydrogen) atoms. The molecule has 2 aliphatic heterocycles. The first-order chi connectivity index (χ1) is 20.9. The molecule has 2 heterocycles. The number of nitrogen functional groups attached to an aromatic ring is 1. The van der Waals surface area contributed by atoms with Gasteiger partial charge >= 0.3 is 6.03 Å². The van der Waals surface area contributed by atoms with Crippen LogP contribution in [0.1, 0.15) is 30.4 Å². The molecule has 3 aliphatic rings. The van der Waals surface area contributed by atoms with Gasteiger partial charge in [0.1, 0.15) is 11.5 Å². The highest BCUT2D eigenvalue weighted by Crippen LogP contribution is 2.34. The van der Waals surface area contributed by atoms with Crippen molar-refractivity contribution in [3.05, 3.63) is 77.9 Å². The first-order valence-corrected chi connectivity index (χ1v) is 15.2. The van der Waals surface area contributed by atoms with Crippen LogP contribution in [0.25, 0.3) is 0 Å². The molecule has 6 rings (SSSR count). The number of piperazine rings is 1. The molecule has 2 saturated heterocycles. The Bertz CT molecular complexity index is 1430. The smallest absolute Gasteiger partial charge is 0.331 e. The van der Waals surface area contributed by atoms with Crippen LogP contribution in [0.3, 0.4) is 0 Å². The van der Waals surface area contributed by atoms with Crippen molar-refractivity contribution in [2.45, 2.75) is 38.8 Å². The molecular formula is C34H41N5O4. The maximum atomic E-state index is 13.5. The third kappa shape index (κ3) is 6.41. The summed E-state index contributed by atoms with van der Waals surface area (Å²) in [7, 11) is 1.62. The summed E-state index contributed by atoms with van der Waals surface area (Å²) in [6, 6.07) is 21.8. The Labute approximate surface area is 253 Å². The van der Waals surface area contributed by atoms with Crippen LogP contribution in [-0.4, -0.2) is 74.2 Å². The third-order valence-corrected chi connectivity index (χ3v) is 9.06. The van der Waals surface area contributed by atoms with E-state index < -0.39 is 0 Å². The predicted molar refractivity (Wildman–Crippen MR) is 169 cm³/mol. The number of carbonyl (C=O) groups excluding carboxylic acids is 2. The Kier molecular flexibility index (Phi) is 8.42. The summed E-state index contributed by atoms with van der Waals surface area (Å²) in [4.78, 5) is 34.3. The maximum absolute atomic E-state index is 13.5. The fraction of sp³-hybridized carbons (Fsp3) is 0.412. The van der Waals surface area contributed by atoms with Crippen molar-refractivity contribution < 1.29 is 19.1 Å². The molecule has 0 aromatic heterocycles. The number of benzene rings is 3. The first kappa shape index (κ1) is 28.9. The number of carbonyl (C=O) groups is 2. The van der Waals surface area contributed by atoms with E-state index in [0.29, 0.717) is 24.9 Å². The second-order valence-electron chi connectivity index (χ2n) is 11.9. The van der Waals surface area contributed by atoms with Crippen LogP contribution in [-0.2, 0) is 11.3 Å². The number of nitrogens with zero attached hydrogens (tertiary/aromatic N) is 4. The SMILES string of the molecule is COc1ccc(CN2C(=O)CCN(c3ccc(N4CCN(C5CC(COc6ccc(N)cc6)C5)CC4)cc3C)C2=O)cc1. The molecule has 9 heteroatoms. The van der Waals surface area contributed by atoms with E-state index in [4.69, 9.17) is 15.2 Å². The van der Waals surface area contributed by atoms with Crippen LogP contribution in [0, 0.1) is 12.8 Å². The first-order valence-electron chi connectivity index (χ1n) is 15.2. The van der Waals surface area contributed by atoms with Gasteiger partial charge in [0.25, 0.3) is 0 Å².